The lowest BCUT2D eigenvalue weighted by molar-refractivity contribution is -0.0490. The molecule has 1 atom stereocenters. The topological polar surface area (TPSA) is 44.5 Å². The van der Waals surface area contributed by atoms with Crippen molar-refractivity contribution in [2.24, 2.45) is 0 Å². The van der Waals surface area contributed by atoms with Gasteiger partial charge in [0.05, 0.1) is 24.9 Å². The average Bonchev–Trinajstić information content (AvgIpc) is 2.23. The van der Waals surface area contributed by atoms with E-state index in [0.29, 0.717) is 13.2 Å². The van der Waals surface area contributed by atoms with Gasteiger partial charge in [-0.3, -0.25) is 0 Å². The van der Waals surface area contributed by atoms with Gasteiger partial charge in [-0.2, -0.15) is 0 Å². The Morgan fingerprint density at radius 2 is 1.94 bits per heavy atom. The van der Waals surface area contributed by atoms with Crippen molar-refractivity contribution in [3.63, 3.8) is 0 Å². The first-order valence-electron chi connectivity index (χ1n) is 5.99. The Morgan fingerprint density at radius 1 is 1.24 bits per heavy atom. The van der Waals surface area contributed by atoms with Crippen LogP contribution in [0, 0.1) is 0 Å². The molecule has 17 heavy (non-hydrogen) atoms. The van der Waals surface area contributed by atoms with Crippen LogP contribution in [0.15, 0.2) is 24.3 Å². The molecule has 2 N–H and O–H groups in total. The summed E-state index contributed by atoms with van der Waals surface area (Å²) in [5.74, 6) is 0. The zero-order chi connectivity index (χ0) is 12.9. The van der Waals surface area contributed by atoms with Crippen LogP contribution in [-0.4, -0.2) is 18.8 Å². The van der Waals surface area contributed by atoms with E-state index in [-0.39, 0.29) is 11.7 Å². The molecule has 3 heteroatoms. The molecule has 0 spiro atoms. The van der Waals surface area contributed by atoms with Crippen molar-refractivity contribution in [3.05, 3.63) is 29.8 Å². The van der Waals surface area contributed by atoms with E-state index in [4.69, 9.17) is 15.2 Å². The average molecular weight is 237 g/mol. The molecule has 3 nitrogen and oxygen atoms in total. The fourth-order valence-corrected chi connectivity index (χ4v) is 1.48. The van der Waals surface area contributed by atoms with Gasteiger partial charge >= 0.3 is 0 Å². The maximum atomic E-state index is 5.73. The van der Waals surface area contributed by atoms with Crippen LogP contribution < -0.4 is 5.73 Å². The zero-order valence-electron chi connectivity index (χ0n) is 11.2. The third-order valence-corrected chi connectivity index (χ3v) is 2.37. The SMILES string of the molecule is CC(OCCOC(C)(C)C)c1cccc(N)c1. The van der Waals surface area contributed by atoms with E-state index in [2.05, 4.69) is 0 Å². The molecule has 0 radical (unpaired) electrons. The van der Waals surface area contributed by atoms with Crippen molar-refractivity contribution in [1.82, 2.24) is 0 Å². The van der Waals surface area contributed by atoms with Crippen molar-refractivity contribution in [2.75, 3.05) is 18.9 Å². The smallest absolute Gasteiger partial charge is 0.0798 e. The van der Waals surface area contributed by atoms with E-state index in [1.54, 1.807) is 0 Å². The molecule has 0 amide bonds. The summed E-state index contributed by atoms with van der Waals surface area (Å²) in [6.07, 6.45) is 0.0436. The second kappa shape index (κ2) is 6.03. The molecule has 0 heterocycles. The van der Waals surface area contributed by atoms with Gasteiger partial charge in [-0.05, 0) is 45.4 Å². The highest BCUT2D eigenvalue weighted by Gasteiger charge is 2.10. The molecule has 1 aromatic carbocycles. The molecule has 0 aliphatic rings. The van der Waals surface area contributed by atoms with Gasteiger partial charge < -0.3 is 15.2 Å². The molecule has 0 saturated heterocycles. The monoisotopic (exact) mass is 237 g/mol. The van der Waals surface area contributed by atoms with Crippen LogP contribution in [0.5, 0.6) is 0 Å². The van der Waals surface area contributed by atoms with Gasteiger partial charge in [-0.25, -0.2) is 0 Å². The van der Waals surface area contributed by atoms with Crippen molar-refractivity contribution >= 4 is 5.69 Å². The van der Waals surface area contributed by atoms with Crippen LogP contribution >= 0.6 is 0 Å². The Kier molecular flexibility index (Phi) is 4.97. The Morgan fingerprint density at radius 3 is 2.53 bits per heavy atom. The van der Waals surface area contributed by atoms with E-state index in [0.717, 1.165) is 11.3 Å². The largest absolute Gasteiger partial charge is 0.399 e. The number of anilines is 1. The number of hydrogen-bond donors (Lipinski definition) is 1. The molecule has 96 valence electrons. The lowest BCUT2D eigenvalue weighted by Crippen LogP contribution is -2.22. The van der Waals surface area contributed by atoms with Crippen LogP contribution in [0.4, 0.5) is 5.69 Å². The zero-order valence-corrected chi connectivity index (χ0v) is 11.2. The number of rotatable bonds is 5. The molecule has 0 aromatic heterocycles. The third kappa shape index (κ3) is 5.71. The van der Waals surface area contributed by atoms with E-state index >= 15 is 0 Å². The lowest BCUT2D eigenvalue weighted by Gasteiger charge is -2.20. The van der Waals surface area contributed by atoms with Crippen LogP contribution in [0.25, 0.3) is 0 Å². The van der Waals surface area contributed by atoms with E-state index in [9.17, 15) is 0 Å². The Balaban J connectivity index is 2.33. The van der Waals surface area contributed by atoms with Crippen molar-refractivity contribution in [3.8, 4) is 0 Å². The first kappa shape index (κ1) is 14.0. The molecule has 1 unspecified atom stereocenters. The van der Waals surface area contributed by atoms with Crippen LogP contribution in [0.3, 0.4) is 0 Å². The summed E-state index contributed by atoms with van der Waals surface area (Å²) in [5.41, 5.74) is 7.49. The Hall–Kier alpha value is -1.06. The Labute approximate surface area is 104 Å². The second-order valence-corrected chi connectivity index (χ2v) is 5.14. The van der Waals surface area contributed by atoms with Gasteiger partial charge in [0.15, 0.2) is 0 Å². The number of ether oxygens (including phenoxy) is 2. The normalized spacial score (nSPS) is 13.6. The van der Waals surface area contributed by atoms with E-state index < -0.39 is 0 Å². The number of benzene rings is 1. The first-order chi connectivity index (χ1) is 7.88. The maximum absolute atomic E-state index is 5.73. The molecule has 1 aromatic rings. The molecular weight excluding hydrogens is 214 g/mol. The van der Waals surface area contributed by atoms with Crippen molar-refractivity contribution < 1.29 is 9.47 Å². The minimum atomic E-state index is -0.107. The van der Waals surface area contributed by atoms with Gasteiger partial charge in [0.2, 0.25) is 0 Å². The summed E-state index contributed by atoms with van der Waals surface area (Å²) in [6, 6.07) is 7.77. The number of hydrogen-bond acceptors (Lipinski definition) is 3. The lowest BCUT2D eigenvalue weighted by atomic mass is 10.1. The van der Waals surface area contributed by atoms with Gasteiger partial charge in [0, 0.05) is 5.69 Å². The fourth-order valence-electron chi connectivity index (χ4n) is 1.48. The summed E-state index contributed by atoms with van der Waals surface area (Å²) in [7, 11) is 0. The standard InChI is InChI=1S/C14H23NO2/c1-11(12-6-5-7-13(15)10-12)16-8-9-17-14(2,3)4/h5-7,10-11H,8-9,15H2,1-4H3. The molecule has 0 aliphatic carbocycles. The number of nitrogens with two attached hydrogens (primary N) is 1. The van der Waals surface area contributed by atoms with Crippen LogP contribution in [0.1, 0.15) is 39.4 Å². The predicted molar refractivity (Wildman–Crippen MR) is 70.9 cm³/mol. The van der Waals surface area contributed by atoms with E-state index in [1.165, 1.54) is 0 Å². The highest BCUT2D eigenvalue weighted by molar-refractivity contribution is 5.41. The van der Waals surface area contributed by atoms with Crippen LogP contribution in [0.2, 0.25) is 0 Å². The second-order valence-electron chi connectivity index (χ2n) is 5.14. The minimum Gasteiger partial charge on any atom is -0.399 e. The summed E-state index contributed by atoms with van der Waals surface area (Å²) >= 11 is 0. The van der Waals surface area contributed by atoms with Gasteiger partial charge in [-0.1, -0.05) is 12.1 Å². The highest BCUT2D eigenvalue weighted by Crippen LogP contribution is 2.18. The Bertz CT molecular complexity index is 344. The summed E-state index contributed by atoms with van der Waals surface area (Å²) in [6.45, 7) is 9.33. The van der Waals surface area contributed by atoms with Gasteiger partial charge in [0.25, 0.3) is 0 Å². The first-order valence-corrected chi connectivity index (χ1v) is 5.99. The fraction of sp³-hybridized carbons (Fsp3) is 0.571. The van der Waals surface area contributed by atoms with Crippen LogP contribution in [-0.2, 0) is 9.47 Å². The predicted octanol–water partition coefficient (Wildman–Crippen LogP) is 3.16. The molecule has 0 saturated carbocycles. The minimum absolute atomic E-state index is 0.0436. The molecule has 0 fully saturated rings. The molecule has 0 aliphatic heterocycles. The third-order valence-electron chi connectivity index (χ3n) is 2.37. The molecular formula is C14H23NO2. The van der Waals surface area contributed by atoms with Crippen molar-refractivity contribution in [2.45, 2.75) is 39.4 Å². The van der Waals surface area contributed by atoms with Gasteiger partial charge in [0.1, 0.15) is 0 Å². The summed E-state index contributed by atoms with van der Waals surface area (Å²) in [5, 5.41) is 0. The summed E-state index contributed by atoms with van der Waals surface area (Å²) < 4.78 is 11.3. The van der Waals surface area contributed by atoms with Crippen molar-refractivity contribution in [1.29, 1.82) is 0 Å². The summed E-state index contributed by atoms with van der Waals surface area (Å²) in [4.78, 5) is 0. The quantitative estimate of drug-likeness (QED) is 0.632. The number of nitrogen functional groups attached to an aromatic ring is 1. The molecule has 1 rings (SSSR count). The van der Waals surface area contributed by atoms with Gasteiger partial charge in [-0.15, -0.1) is 0 Å². The maximum Gasteiger partial charge on any atom is 0.0798 e. The van der Waals surface area contributed by atoms with E-state index in [1.807, 2.05) is 52.0 Å². The highest BCUT2D eigenvalue weighted by atomic mass is 16.5. The molecule has 0 bridgehead atoms.